The van der Waals surface area contributed by atoms with E-state index in [0.29, 0.717) is 18.3 Å². The van der Waals surface area contributed by atoms with Crippen LogP contribution in [0.3, 0.4) is 0 Å². The van der Waals surface area contributed by atoms with Crippen LogP contribution in [-0.2, 0) is 29.2 Å². The first-order valence-corrected chi connectivity index (χ1v) is 17.0. The van der Waals surface area contributed by atoms with E-state index in [9.17, 15) is 36.2 Å². The summed E-state index contributed by atoms with van der Waals surface area (Å²) < 4.78 is 73.7. The van der Waals surface area contributed by atoms with E-state index in [1.165, 1.54) is 0 Å². The van der Waals surface area contributed by atoms with Crippen molar-refractivity contribution >= 4 is 20.8 Å². The summed E-state index contributed by atoms with van der Waals surface area (Å²) in [5.41, 5.74) is 0.644. The molecule has 0 saturated heterocycles. The number of allylic oxidation sites excluding steroid dienone is 1. The second-order valence-corrected chi connectivity index (χ2v) is 15.5. The largest absolute Gasteiger partial charge is 0.397 e. The van der Waals surface area contributed by atoms with Crippen LogP contribution in [0.15, 0.2) is 12.2 Å². The smallest absolute Gasteiger partial charge is 0.390 e. The standard InChI is InChI=1S/C27H46O10S2/c1-16(2)6-5-7-17(15-36-38(30,31)32)19-10-11-20-18-8-9-22-24(29)25(37-39(33,34)35)23(28)14-27(22,4)21(18)12-13-26(19,20)3/h17-25,28-29H,1,5-15H2,2-4H3,(H,30,31,32)(H,33,34,35). The summed E-state index contributed by atoms with van der Waals surface area (Å²) in [6.45, 7) is 10.3. The van der Waals surface area contributed by atoms with Gasteiger partial charge in [0, 0.05) is 0 Å². The molecule has 0 spiro atoms. The van der Waals surface area contributed by atoms with E-state index < -0.39 is 44.5 Å². The highest BCUT2D eigenvalue weighted by molar-refractivity contribution is 7.81. The van der Waals surface area contributed by atoms with E-state index in [4.69, 9.17) is 8.37 Å². The predicted molar refractivity (Wildman–Crippen MR) is 144 cm³/mol. The fourth-order valence-corrected chi connectivity index (χ4v) is 10.6. The molecule has 4 aliphatic carbocycles. The Morgan fingerprint density at radius 1 is 0.949 bits per heavy atom. The molecule has 0 amide bonds. The van der Waals surface area contributed by atoms with Crippen LogP contribution in [0.1, 0.15) is 85.0 Å². The van der Waals surface area contributed by atoms with Crippen LogP contribution in [0.5, 0.6) is 0 Å². The molecule has 0 heterocycles. The van der Waals surface area contributed by atoms with Crippen molar-refractivity contribution in [1.82, 2.24) is 0 Å². The van der Waals surface area contributed by atoms with Crippen molar-refractivity contribution in [1.29, 1.82) is 0 Å². The Labute approximate surface area is 233 Å². The highest BCUT2D eigenvalue weighted by Crippen LogP contribution is 2.68. The maximum atomic E-state index is 11.4. The van der Waals surface area contributed by atoms with Crippen LogP contribution in [-0.4, -0.2) is 61.1 Å². The van der Waals surface area contributed by atoms with Gasteiger partial charge in [-0.25, -0.2) is 8.37 Å². The number of fused-ring (bicyclic) bond motifs is 5. The average molecular weight is 595 g/mol. The molecule has 4 N–H and O–H groups in total. The molecular formula is C27H46O10S2. The zero-order valence-corrected chi connectivity index (χ0v) is 24.9. The number of rotatable bonds is 10. The van der Waals surface area contributed by atoms with E-state index in [-0.39, 0.29) is 42.1 Å². The molecule has 0 aromatic carbocycles. The molecular weight excluding hydrogens is 548 g/mol. The van der Waals surface area contributed by atoms with Crippen molar-refractivity contribution in [2.75, 3.05) is 6.61 Å². The van der Waals surface area contributed by atoms with Gasteiger partial charge in [0.1, 0.15) is 6.10 Å². The third-order valence-corrected chi connectivity index (χ3v) is 12.1. The molecule has 0 aliphatic heterocycles. The molecule has 4 aliphatic rings. The molecule has 4 rings (SSSR count). The quantitative estimate of drug-likeness (QED) is 0.215. The lowest BCUT2D eigenvalue weighted by atomic mass is 9.43. The molecule has 0 bridgehead atoms. The van der Waals surface area contributed by atoms with E-state index in [2.05, 4.69) is 20.4 Å². The zero-order valence-electron chi connectivity index (χ0n) is 23.2. The van der Waals surface area contributed by atoms with E-state index in [1.54, 1.807) is 0 Å². The summed E-state index contributed by atoms with van der Waals surface area (Å²) in [5.74, 6) is 0.979. The normalized spacial score (nSPS) is 43.3. The van der Waals surface area contributed by atoms with E-state index >= 15 is 0 Å². The predicted octanol–water partition coefficient (Wildman–Crippen LogP) is 3.96. The number of aliphatic hydroxyl groups excluding tert-OH is 2. The summed E-state index contributed by atoms with van der Waals surface area (Å²) in [7, 11) is -9.35. The lowest BCUT2D eigenvalue weighted by Gasteiger charge is -2.62. The molecule has 0 aromatic heterocycles. The Hall–Kier alpha value is -0.600. The van der Waals surface area contributed by atoms with Crippen molar-refractivity contribution in [2.24, 2.45) is 46.3 Å². The maximum Gasteiger partial charge on any atom is 0.397 e. The van der Waals surface area contributed by atoms with E-state index in [1.807, 2.05) is 6.92 Å². The average Bonchev–Trinajstić information content (AvgIpc) is 3.14. The second-order valence-electron chi connectivity index (χ2n) is 13.4. The van der Waals surface area contributed by atoms with E-state index in [0.717, 1.165) is 56.9 Å². The van der Waals surface area contributed by atoms with Gasteiger partial charge in [-0.05, 0) is 117 Å². The molecule has 39 heavy (non-hydrogen) atoms. The fourth-order valence-electron chi connectivity index (χ4n) is 9.69. The van der Waals surface area contributed by atoms with Gasteiger partial charge in [-0.15, -0.1) is 6.58 Å². The van der Waals surface area contributed by atoms with Crippen LogP contribution in [0, 0.1) is 46.3 Å². The number of aliphatic hydroxyl groups is 2. The van der Waals surface area contributed by atoms with Crippen LogP contribution >= 0.6 is 0 Å². The van der Waals surface area contributed by atoms with Gasteiger partial charge in [-0.1, -0.05) is 19.4 Å². The molecule has 11 atom stereocenters. The minimum Gasteiger partial charge on any atom is -0.390 e. The molecule has 10 nitrogen and oxygen atoms in total. The summed E-state index contributed by atoms with van der Waals surface area (Å²) in [5, 5.41) is 21.9. The van der Waals surface area contributed by atoms with Gasteiger partial charge in [0.2, 0.25) is 0 Å². The summed E-state index contributed by atoms with van der Waals surface area (Å²) in [4.78, 5) is 0. The van der Waals surface area contributed by atoms with Crippen LogP contribution in [0.25, 0.3) is 0 Å². The highest BCUT2D eigenvalue weighted by atomic mass is 32.3. The van der Waals surface area contributed by atoms with Gasteiger partial charge in [-0.3, -0.25) is 9.11 Å². The summed E-state index contributed by atoms with van der Waals surface area (Å²) in [6.07, 6.45) is 4.29. The lowest BCUT2D eigenvalue weighted by Crippen LogP contribution is -2.62. The zero-order chi connectivity index (χ0) is 29.0. The Balaban J connectivity index is 1.54. The van der Waals surface area contributed by atoms with Gasteiger partial charge >= 0.3 is 20.8 Å². The molecule has 4 fully saturated rings. The topological polar surface area (TPSA) is 168 Å². The number of hydrogen-bond donors (Lipinski definition) is 4. The second kappa shape index (κ2) is 11.2. The maximum absolute atomic E-state index is 11.4. The van der Waals surface area contributed by atoms with Crippen LogP contribution in [0.2, 0.25) is 0 Å². The first-order valence-electron chi connectivity index (χ1n) is 14.2. The SMILES string of the molecule is C=C(C)CCCC(COS(=O)(=O)O)C1CCC2C3CCC4C(O)C(OS(=O)(=O)O)C(O)CC4(C)C3CCC12C. The first kappa shape index (κ1) is 31.3. The minimum atomic E-state index is -4.82. The monoisotopic (exact) mass is 594 g/mol. The summed E-state index contributed by atoms with van der Waals surface area (Å²) in [6, 6.07) is 0. The molecule has 11 unspecified atom stereocenters. The lowest BCUT2D eigenvalue weighted by molar-refractivity contribution is -0.202. The Kier molecular flexibility index (Phi) is 9.03. The molecule has 226 valence electrons. The molecule has 0 aromatic rings. The molecule has 0 radical (unpaired) electrons. The van der Waals surface area contributed by atoms with Crippen molar-refractivity contribution < 1.29 is 44.5 Å². The van der Waals surface area contributed by atoms with Crippen molar-refractivity contribution in [2.45, 2.75) is 103 Å². The van der Waals surface area contributed by atoms with Crippen LogP contribution < -0.4 is 0 Å². The minimum absolute atomic E-state index is 0.0126. The number of hydrogen-bond acceptors (Lipinski definition) is 8. The van der Waals surface area contributed by atoms with Gasteiger partial charge in [0.15, 0.2) is 0 Å². The third kappa shape index (κ3) is 6.43. The molecule has 4 saturated carbocycles. The van der Waals surface area contributed by atoms with Crippen molar-refractivity contribution in [3.63, 3.8) is 0 Å². The Bertz CT molecular complexity index is 1120. The highest BCUT2D eigenvalue weighted by Gasteiger charge is 2.64. The first-order chi connectivity index (χ1) is 18.0. The Morgan fingerprint density at radius 2 is 1.59 bits per heavy atom. The van der Waals surface area contributed by atoms with Gasteiger partial charge in [0.05, 0.1) is 18.8 Å². The molecule has 12 heteroatoms. The van der Waals surface area contributed by atoms with Crippen LogP contribution in [0.4, 0.5) is 0 Å². The van der Waals surface area contributed by atoms with Crippen molar-refractivity contribution in [3.05, 3.63) is 12.2 Å². The fraction of sp³-hybridized carbons (Fsp3) is 0.926. The van der Waals surface area contributed by atoms with Gasteiger partial charge in [-0.2, -0.15) is 16.8 Å². The van der Waals surface area contributed by atoms with Crippen molar-refractivity contribution in [3.8, 4) is 0 Å². The van der Waals surface area contributed by atoms with Gasteiger partial charge < -0.3 is 10.2 Å². The summed E-state index contributed by atoms with van der Waals surface area (Å²) >= 11 is 0. The third-order valence-electron chi connectivity index (χ3n) is 11.2. The van der Waals surface area contributed by atoms with Gasteiger partial charge in [0.25, 0.3) is 0 Å². The Morgan fingerprint density at radius 3 is 2.21 bits per heavy atom.